The molecule has 0 bridgehead atoms. The van der Waals surface area contributed by atoms with Crippen LogP contribution in [-0.4, -0.2) is 23.7 Å². The first-order chi connectivity index (χ1) is 11.6. The number of carboxylic acid groups (broad SMARTS) is 1. The summed E-state index contributed by atoms with van der Waals surface area (Å²) in [5.74, 6) is -0.574. The summed E-state index contributed by atoms with van der Waals surface area (Å²) in [4.78, 5) is 22.6. The fourth-order valence-electron chi connectivity index (χ4n) is 2.36. The first-order valence-corrected chi connectivity index (χ1v) is 7.95. The summed E-state index contributed by atoms with van der Waals surface area (Å²) >= 11 is 0. The van der Waals surface area contributed by atoms with E-state index in [0.29, 0.717) is 19.0 Å². The number of benzene rings is 2. The van der Waals surface area contributed by atoms with Crippen molar-refractivity contribution >= 4 is 12.0 Å². The Kier molecular flexibility index (Phi) is 6.37. The molecular weight excluding hydrogens is 304 g/mol. The lowest BCUT2D eigenvalue weighted by atomic mass is 9.98. The standard InChI is InChI=1S/C19H22N2O3/c1-14(16-5-3-2-4-6-16)11-12-20-19(24)21-13-15-7-9-17(10-8-15)18(22)23/h2-10,14H,11-13H2,1H3,(H,22,23)(H2,20,21,24). The third-order valence-electron chi connectivity index (χ3n) is 3.89. The number of carboxylic acids is 1. The molecule has 5 heteroatoms. The minimum Gasteiger partial charge on any atom is -0.478 e. The summed E-state index contributed by atoms with van der Waals surface area (Å²) in [5.41, 5.74) is 2.35. The number of hydrogen-bond donors (Lipinski definition) is 3. The molecule has 24 heavy (non-hydrogen) atoms. The van der Waals surface area contributed by atoms with Crippen LogP contribution in [0.4, 0.5) is 4.79 Å². The van der Waals surface area contributed by atoms with Crippen LogP contribution >= 0.6 is 0 Å². The Labute approximate surface area is 141 Å². The fraction of sp³-hybridized carbons (Fsp3) is 0.263. The number of aromatic carboxylic acids is 1. The maximum absolute atomic E-state index is 11.8. The zero-order chi connectivity index (χ0) is 17.4. The van der Waals surface area contributed by atoms with Gasteiger partial charge in [-0.05, 0) is 35.6 Å². The third-order valence-corrected chi connectivity index (χ3v) is 3.89. The van der Waals surface area contributed by atoms with Gasteiger partial charge in [0.1, 0.15) is 0 Å². The van der Waals surface area contributed by atoms with Crippen LogP contribution in [0.1, 0.15) is 40.7 Å². The van der Waals surface area contributed by atoms with Crippen molar-refractivity contribution in [2.45, 2.75) is 25.8 Å². The highest BCUT2D eigenvalue weighted by Gasteiger charge is 2.06. The van der Waals surface area contributed by atoms with Gasteiger partial charge in [-0.15, -0.1) is 0 Å². The van der Waals surface area contributed by atoms with Crippen molar-refractivity contribution in [3.8, 4) is 0 Å². The van der Waals surface area contributed by atoms with E-state index in [0.717, 1.165) is 12.0 Å². The Bertz CT molecular complexity index is 669. The quantitative estimate of drug-likeness (QED) is 0.730. The Balaban J connectivity index is 1.69. The smallest absolute Gasteiger partial charge is 0.335 e. The van der Waals surface area contributed by atoms with Crippen LogP contribution in [-0.2, 0) is 6.54 Å². The van der Waals surface area contributed by atoms with Crippen LogP contribution in [0.25, 0.3) is 0 Å². The number of nitrogens with one attached hydrogen (secondary N) is 2. The SMILES string of the molecule is CC(CCNC(=O)NCc1ccc(C(=O)O)cc1)c1ccccc1. The number of hydrogen-bond acceptors (Lipinski definition) is 2. The molecule has 0 aliphatic rings. The second-order valence-electron chi connectivity index (χ2n) is 5.71. The molecule has 0 aliphatic carbocycles. The van der Waals surface area contributed by atoms with Gasteiger partial charge in [-0.1, -0.05) is 49.4 Å². The van der Waals surface area contributed by atoms with Gasteiger partial charge in [0.25, 0.3) is 0 Å². The average molecular weight is 326 g/mol. The van der Waals surface area contributed by atoms with Gasteiger partial charge in [-0.25, -0.2) is 9.59 Å². The van der Waals surface area contributed by atoms with Crippen molar-refractivity contribution in [1.82, 2.24) is 10.6 Å². The van der Waals surface area contributed by atoms with Gasteiger partial charge in [-0.3, -0.25) is 0 Å². The van der Waals surface area contributed by atoms with E-state index in [2.05, 4.69) is 29.7 Å². The van der Waals surface area contributed by atoms with Crippen LogP contribution < -0.4 is 10.6 Å². The van der Waals surface area contributed by atoms with E-state index in [9.17, 15) is 9.59 Å². The zero-order valence-corrected chi connectivity index (χ0v) is 13.7. The molecular formula is C19H22N2O3. The summed E-state index contributed by atoms with van der Waals surface area (Å²) in [7, 11) is 0. The number of rotatable bonds is 7. The van der Waals surface area contributed by atoms with E-state index in [1.807, 2.05) is 18.2 Å². The van der Waals surface area contributed by atoms with Crippen molar-refractivity contribution in [1.29, 1.82) is 0 Å². The second kappa shape index (κ2) is 8.72. The van der Waals surface area contributed by atoms with Gasteiger partial charge in [0, 0.05) is 13.1 Å². The molecule has 1 atom stereocenters. The number of amides is 2. The number of carbonyl (C=O) groups excluding carboxylic acids is 1. The fourth-order valence-corrected chi connectivity index (χ4v) is 2.36. The number of carbonyl (C=O) groups is 2. The molecule has 2 aromatic carbocycles. The van der Waals surface area contributed by atoms with Crippen molar-refractivity contribution < 1.29 is 14.7 Å². The Morgan fingerprint density at radius 3 is 2.29 bits per heavy atom. The van der Waals surface area contributed by atoms with Gasteiger partial charge in [-0.2, -0.15) is 0 Å². The van der Waals surface area contributed by atoms with Crippen LogP contribution in [0, 0.1) is 0 Å². The minimum atomic E-state index is -0.959. The first-order valence-electron chi connectivity index (χ1n) is 7.95. The highest BCUT2D eigenvalue weighted by Crippen LogP contribution is 2.17. The highest BCUT2D eigenvalue weighted by atomic mass is 16.4. The Hall–Kier alpha value is -2.82. The molecule has 0 saturated carbocycles. The summed E-state index contributed by atoms with van der Waals surface area (Å²) in [6.07, 6.45) is 0.866. The van der Waals surface area contributed by atoms with Crippen molar-refractivity contribution in [2.75, 3.05) is 6.54 Å². The monoisotopic (exact) mass is 326 g/mol. The zero-order valence-electron chi connectivity index (χ0n) is 13.7. The van der Waals surface area contributed by atoms with Crippen LogP contribution in [0.3, 0.4) is 0 Å². The summed E-state index contributed by atoms with van der Waals surface area (Å²) < 4.78 is 0. The van der Waals surface area contributed by atoms with Crippen molar-refractivity contribution in [3.63, 3.8) is 0 Å². The lowest BCUT2D eigenvalue weighted by molar-refractivity contribution is 0.0697. The Morgan fingerprint density at radius 1 is 1.00 bits per heavy atom. The predicted molar refractivity (Wildman–Crippen MR) is 93.1 cm³/mol. The van der Waals surface area contributed by atoms with Gasteiger partial charge in [0.2, 0.25) is 0 Å². The van der Waals surface area contributed by atoms with E-state index in [-0.39, 0.29) is 11.6 Å². The van der Waals surface area contributed by atoms with Crippen LogP contribution in [0.2, 0.25) is 0 Å². The molecule has 2 aromatic rings. The third kappa shape index (κ3) is 5.43. The van der Waals surface area contributed by atoms with Crippen LogP contribution in [0.15, 0.2) is 54.6 Å². The molecule has 3 N–H and O–H groups in total. The van der Waals surface area contributed by atoms with Crippen molar-refractivity contribution in [2.24, 2.45) is 0 Å². The highest BCUT2D eigenvalue weighted by molar-refractivity contribution is 5.87. The molecule has 0 heterocycles. The predicted octanol–water partition coefficient (Wildman–Crippen LogP) is 3.38. The van der Waals surface area contributed by atoms with E-state index in [1.54, 1.807) is 12.1 Å². The molecule has 0 spiro atoms. The van der Waals surface area contributed by atoms with Gasteiger partial charge in [0.05, 0.1) is 5.56 Å². The number of urea groups is 1. The molecule has 126 valence electrons. The largest absolute Gasteiger partial charge is 0.478 e. The summed E-state index contributed by atoms with van der Waals surface area (Å²) in [5, 5.41) is 14.4. The molecule has 0 radical (unpaired) electrons. The lowest BCUT2D eigenvalue weighted by Gasteiger charge is -2.13. The van der Waals surface area contributed by atoms with Crippen molar-refractivity contribution in [3.05, 3.63) is 71.3 Å². The maximum atomic E-state index is 11.8. The Morgan fingerprint density at radius 2 is 1.67 bits per heavy atom. The molecule has 0 saturated heterocycles. The molecule has 2 rings (SSSR count). The summed E-state index contributed by atoms with van der Waals surface area (Å²) in [6, 6.07) is 16.4. The van der Waals surface area contributed by atoms with Gasteiger partial charge < -0.3 is 15.7 Å². The van der Waals surface area contributed by atoms with Crippen LogP contribution in [0.5, 0.6) is 0 Å². The first kappa shape index (κ1) is 17.5. The van der Waals surface area contributed by atoms with Gasteiger partial charge in [0.15, 0.2) is 0 Å². The molecule has 0 aromatic heterocycles. The van der Waals surface area contributed by atoms with E-state index < -0.39 is 5.97 Å². The molecule has 5 nitrogen and oxygen atoms in total. The van der Waals surface area contributed by atoms with Gasteiger partial charge >= 0.3 is 12.0 Å². The lowest BCUT2D eigenvalue weighted by Crippen LogP contribution is -2.35. The average Bonchev–Trinajstić information content (AvgIpc) is 2.61. The minimum absolute atomic E-state index is 0.224. The molecule has 0 fully saturated rings. The summed E-state index contributed by atoms with van der Waals surface area (Å²) in [6.45, 7) is 3.10. The topological polar surface area (TPSA) is 78.4 Å². The normalized spacial score (nSPS) is 11.5. The van der Waals surface area contributed by atoms with E-state index in [4.69, 9.17) is 5.11 Å². The van der Waals surface area contributed by atoms with E-state index >= 15 is 0 Å². The molecule has 0 aliphatic heterocycles. The second-order valence-corrected chi connectivity index (χ2v) is 5.71. The maximum Gasteiger partial charge on any atom is 0.335 e. The van der Waals surface area contributed by atoms with E-state index in [1.165, 1.54) is 17.7 Å². The molecule has 2 amide bonds. The molecule has 1 unspecified atom stereocenters.